The average Bonchev–Trinajstić information content (AvgIpc) is 3.05. The number of anilines is 1. The van der Waals surface area contributed by atoms with Crippen LogP contribution in [0.3, 0.4) is 0 Å². The van der Waals surface area contributed by atoms with Gasteiger partial charge in [0.15, 0.2) is 5.69 Å². The molecule has 1 amide bonds. The van der Waals surface area contributed by atoms with Crippen molar-refractivity contribution in [2.24, 2.45) is 5.92 Å². The molecule has 8 nitrogen and oxygen atoms in total. The zero-order valence-electron chi connectivity index (χ0n) is 14.8. The molecule has 3 rings (SSSR count). The van der Waals surface area contributed by atoms with Crippen molar-refractivity contribution < 1.29 is 14.7 Å². The number of carbonyl (C=O) groups excluding carboxylic acids is 1. The fourth-order valence-electron chi connectivity index (χ4n) is 3.35. The van der Waals surface area contributed by atoms with Crippen molar-refractivity contribution in [2.45, 2.75) is 32.9 Å². The molecule has 1 aromatic carbocycles. The summed E-state index contributed by atoms with van der Waals surface area (Å²) in [6.45, 7) is 5.01. The van der Waals surface area contributed by atoms with Gasteiger partial charge in [0, 0.05) is 32.2 Å². The van der Waals surface area contributed by atoms with E-state index in [1.54, 1.807) is 4.68 Å². The number of rotatable bonds is 6. The summed E-state index contributed by atoms with van der Waals surface area (Å²) in [5.74, 6) is -0.703. The topological polar surface area (TPSA) is 100 Å². The monoisotopic (exact) mass is 357 g/mol. The molecule has 8 heteroatoms. The lowest BCUT2D eigenvalue weighted by atomic mass is 9.97. The third-order valence-corrected chi connectivity index (χ3v) is 4.49. The highest BCUT2D eigenvalue weighted by Gasteiger charge is 2.21. The van der Waals surface area contributed by atoms with Crippen LogP contribution in [-0.4, -0.2) is 50.0 Å². The minimum Gasteiger partial charge on any atom is -0.476 e. The molecule has 1 atom stereocenters. The van der Waals surface area contributed by atoms with E-state index in [1.165, 1.54) is 18.7 Å². The Bertz CT molecular complexity index is 771. The second kappa shape index (κ2) is 8.09. The van der Waals surface area contributed by atoms with Crippen LogP contribution in [0.4, 0.5) is 5.69 Å². The number of amides is 1. The van der Waals surface area contributed by atoms with Gasteiger partial charge in [0.1, 0.15) is 0 Å². The zero-order valence-corrected chi connectivity index (χ0v) is 14.8. The Hall–Kier alpha value is -2.74. The third kappa shape index (κ3) is 4.89. The van der Waals surface area contributed by atoms with Crippen LogP contribution in [0.5, 0.6) is 0 Å². The molecule has 0 bridgehead atoms. The van der Waals surface area contributed by atoms with Gasteiger partial charge in [0.25, 0.3) is 0 Å². The number of hydrogen-bond donors (Lipinski definition) is 2. The highest BCUT2D eigenvalue weighted by Crippen LogP contribution is 2.20. The van der Waals surface area contributed by atoms with Gasteiger partial charge >= 0.3 is 5.97 Å². The van der Waals surface area contributed by atoms with E-state index in [0.29, 0.717) is 12.5 Å². The van der Waals surface area contributed by atoms with E-state index in [0.717, 1.165) is 38.2 Å². The van der Waals surface area contributed by atoms with E-state index in [9.17, 15) is 9.59 Å². The number of carboxylic acid groups (broad SMARTS) is 1. The standard InChI is InChI=1S/C18H23N5O3/c1-13(24)19-16-6-4-14(5-7-16)9-22-8-2-3-15(10-22)11-23-12-17(18(25)26)20-21-23/h4-7,12,15H,2-3,8-11H2,1H3,(H,19,24)(H,25,26)/t15-/m0/s1. The number of benzene rings is 1. The molecule has 1 aliphatic heterocycles. The summed E-state index contributed by atoms with van der Waals surface area (Å²) in [6, 6.07) is 7.90. The van der Waals surface area contributed by atoms with E-state index >= 15 is 0 Å². The fraction of sp³-hybridized carbons (Fsp3) is 0.444. The van der Waals surface area contributed by atoms with Crippen LogP contribution in [0.1, 0.15) is 35.8 Å². The van der Waals surface area contributed by atoms with E-state index in [-0.39, 0.29) is 11.6 Å². The summed E-state index contributed by atoms with van der Waals surface area (Å²) >= 11 is 0. The molecule has 0 spiro atoms. The van der Waals surface area contributed by atoms with Gasteiger partial charge in [-0.25, -0.2) is 4.79 Å². The SMILES string of the molecule is CC(=O)Nc1ccc(CN2CCC[C@H](Cn3cc(C(=O)O)nn3)C2)cc1. The summed E-state index contributed by atoms with van der Waals surface area (Å²) in [4.78, 5) is 24.4. The van der Waals surface area contributed by atoms with Crippen molar-refractivity contribution in [2.75, 3.05) is 18.4 Å². The first-order valence-corrected chi connectivity index (χ1v) is 8.72. The highest BCUT2D eigenvalue weighted by molar-refractivity contribution is 5.88. The molecular weight excluding hydrogens is 334 g/mol. The van der Waals surface area contributed by atoms with Gasteiger partial charge in [-0.15, -0.1) is 5.10 Å². The largest absolute Gasteiger partial charge is 0.476 e. The Morgan fingerprint density at radius 1 is 1.31 bits per heavy atom. The van der Waals surface area contributed by atoms with Crippen LogP contribution >= 0.6 is 0 Å². The van der Waals surface area contributed by atoms with E-state index in [2.05, 4.69) is 20.5 Å². The van der Waals surface area contributed by atoms with Crippen molar-refractivity contribution in [3.05, 3.63) is 41.7 Å². The second-order valence-corrected chi connectivity index (χ2v) is 6.75. The van der Waals surface area contributed by atoms with Gasteiger partial charge in [0.2, 0.25) is 5.91 Å². The zero-order chi connectivity index (χ0) is 18.5. The summed E-state index contributed by atoms with van der Waals surface area (Å²) in [5.41, 5.74) is 1.99. The van der Waals surface area contributed by atoms with E-state index < -0.39 is 5.97 Å². The predicted molar refractivity (Wildman–Crippen MR) is 95.7 cm³/mol. The van der Waals surface area contributed by atoms with Gasteiger partial charge < -0.3 is 10.4 Å². The minimum absolute atomic E-state index is 0.0167. The van der Waals surface area contributed by atoms with Gasteiger partial charge in [0.05, 0.1) is 6.20 Å². The van der Waals surface area contributed by atoms with Crippen molar-refractivity contribution in [3.8, 4) is 0 Å². The van der Waals surface area contributed by atoms with Crippen LogP contribution in [0, 0.1) is 5.92 Å². The maximum absolute atomic E-state index is 11.1. The number of nitrogens with zero attached hydrogens (tertiary/aromatic N) is 4. The van der Waals surface area contributed by atoms with Gasteiger partial charge in [-0.1, -0.05) is 17.3 Å². The number of nitrogens with one attached hydrogen (secondary N) is 1. The summed E-state index contributed by atoms with van der Waals surface area (Å²) in [6.07, 6.45) is 3.69. The van der Waals surface area contributed by atoms with Gasteiger partial charge in [-0.05, 0) is 43.0 Å². The first kappa shape index (κ1) is 18.1. The first-order chi connectivity index (χ1) is 12.5. The van der Waals surface area contributed by atoms with Crippen molar-refractivity contribution in [1.29, 1.82) is 0 Å². The Morgan fingerprint density at radius 3 is 2.73 bits per heavy atom. The molecule has 2 aromatic rings. The van der Waals surface area contributed by atoms with Crippen molar-refractivity contribution in [3.63, 3.8) is 0 Å². The molecule has 1 aliphatic rings. The Morgan fingerprint density at radius 2 is 2.08 bits per heavy atom. The van der Waals surface area contributed by atoms with Crippen LogP contribution in [0.15, 0.2) is 30.5 Å². The number of carbonyl (C=O) groups is 2. The normalized spacial score (nSPS) is 17.8. The van der Waals surface area contributed by atoms with Crippen molar-refractivity contribution in [1.82, 2.24) is 19.9 Å². The number of aromatic carboxylic acids is 1. The molecule has 0 saturated carbocycles. The molecule has 0 radical (unpaired) electrons. The van der Waals surface area contributed by atoms with E-state index in [4.69, 9.17) is 5.11 Å². The molecule has 2 heterocycles. The number of carboxylic acids is 1. The minimum atomic E-state index is -1.05. The first-order valence-electron chi connectivity index (χ1n) is 8.72. The van der Waals surface area contributed by atoms with E-state index in [1.807, 2.05) is 24.3 Å². The maximum atomic E-state index is 11.1. The average molecular weight is 357 g/mol. The maximum Gasteiger partial charge on any atom is 0.358 e. The fourth-order valence-corrected chi connectivity index (χ4v) is 3.35. The predicted octanol–water partition coefficient (Wildman–Crippen LogP) is 1.85. The summed E-state index contributed by atoms with van der Waals surface area (Å²) in [5, 5.41) is 19.3. The van der Waals surface area contributed by atoms with Crippen LogP contribution in [-0.2, 0) is 17.9 Å². The second-order valence-electron chi connectivity index (χ2n) is 6.75. The van der Waals surface area contributed by atoms with Gasteiger partial charge in [-0.3, -0.25) is 14.4 Å². The number of piperidine rings is 1. The molecule has 2 N–H and O–H groups in total. The highest BCUT2D eigenvalue weighted by atomic mass is 16.4. The molecule has 1 saturated heterocycles. The lowest BCUT2D eigenvalue weighted by molar-refractivity contribution is -0.114. The quantitative estimate of drug-likeness (QED) is 0.818. The number of hydrogen-bond acceptors (Lipinski definition) is 5. The Kier molecular flexibility index (Phi) is 5.62. The number of aromatic nitrogens is 3. The molecule has 0 unspecified atom stereocenters. The lowest BCUT2D eigenvalue weighted by Gasteiger charge is -2.32. The smallest absolute Gasteiger partial charge is 0.358 e. The Balaban J connectivity index is 1.54. The molecule has 1 aromatic heterocycles. The number of likely N-dealkylation sites (tertiary alicyclic amines) is 1. The van der Waals surface area contributed by atoms with Crippen LogP contribution in [0.25, 0.3) is 0 Å². The van der Waals surface area contributed by atoms with Crippen LogP contribution < -0.4 is 5.32 Å². The molecule has 26 heavy (non-hydrogen) atoms. The summed E-state index contributed by atoms with van der Waals surface area (Å²) < 4.78 is 1.62. The Labute approximate surface area is 151 Å². The third-order valence-electron chi connectivity index (χ3n) is 4.49. The molecular formula is C18H23N5O3. The molecule has 138 valence electrons. The molecule has 0 aliphatic carbocycles. The summed E-state index contributed by atoms with van der Waals surface area (Å²) in [7, 11) is 0. The van der Waals surface area contributed by atoms with Crippen molar-refractivity contribution >= 4 is 17.6 Å². The molecule has 1 fully saturated rings. The van der Waals surface area contributed by atoms with Gasteiger partial charge in [-0.2, -0.15) is 0 Å². The van der Waals surface area contributed by atoms with Crippen LogP contribution in [0.2, 0.25) is 0 Å². The lowest BCUT2D eigenvalue weighted by Crippen LogP contribution is -2.36.